The molecule has 0 saturated carbocycles. The van der Waals surface area contributed by atoms with Gasteiger partial charge in [-0.25, -0.2) is 4.99 Å². The minimum Gasteiger partial charge on any atom is -0.481 e. The Hall–Kier alpha value is -4.14. The van der Waals surface area contributed by atoms with Crippen LogP contribution in [0.5, 0.6) is 0 Å². The predicted octanol–water partition coefficient (Wildman–Crippen LogP) is 5.01. The molecule has 0 spiro atoms. The SMILES string of the molecule is C=C(Cl)/C(CC(=O)O)=C(\N=C(N)Cc1ccc(NC(=O)c2ccc3ccccc3c2)cc1)N(C)CCOC. The standard InChI is InChI=1S/C29H31ClN4O4/c1-19(30)25(18-27(35)36)28(34(2)14-15-38-3)33-26(31)16-20-8-12-24(13-9-20)32-29(37)23-11-10-21-6-4-5-7-22(21)17-23/h4-13,17H,1,14-16,18H2,2-3H3,(H2,31,33)(H,32,37)(H,35,36)/b28-25+. The molecule has 3 rings (SSSR count). The molecule has 0 radical (unpaired) electrons. The topological polar surface area (TPSA) is 117 Å². The highest BCUT2D eigenvalue weighted by Gasteiger charge is 2.17. The van der Waals surface area contributed by atoms with Crippen LogP contribution in [-0.2, 0) is 16.0 Å². The van der Waals surface area contributed by atoms with Crippen LogP contribution in [0.1, 0.15) is 22.3 Å². The molecule has 198 valence electrons. The first-order chi connectivity index (χ1) is 18.2. The van der Waals surface area contributed by atoms with Crippen molar-refractivity contribution in [3.05, 3.63) is 101 Å². The van der Waals surface area contributed by atoms with Gasteiger partial charge < -0.3 is 25.8 Å². The van der Waals surface area contributed by atoms with Crippen LogP contribution >= 0.6 is 11.6 Å². The monoisotopic (exact) mass is 534 g/mol. The number of aliphatic carboxylic acids is 1. The number of anilines is 1. The van der Waals surface area contributed by atoms with E-state index in [0.29, 0.717) is 36.6 Å². The second-order valence-corrected chi connectivity index (χ2v) is 9.14. The average molecular weight is 535 g/mol. The number of likely N-dealkylation sites (N-methyl/N-ethyl adjacent to an activating group) is 1. The van der Waals surface area contributed by atoms with Crippen LogP contribution in [-0.4, -0.2) is 55.0 Å². The third-order valence-corrected chi connectivity index (χ3v) is 6.00. The Balaban J connectivity index is 1.75. The summed E-state index contributed by atoms with van der Waals surface area (Å²) in [6.07, 6.45) is -0.0486. The van der Waals surface area contributed by atoms with Crippen LogP contribution in [0.3, 0.4) is 0 Å². The summed E-state index contributed by atoms with van der Waals surface area (Å²) in [5, 5.41) is 14.4. The van der Waals surface area contributed by atoms with Crippen molar-refractivity contribution in [1.29, 1.82) is 0 Å². The van der Waals surface area contributed by atoms with Crippen molar-refractivity contribution in [2.75, 3.05) is 32.6 Å². The van der Waals surface area contributed by atoms with Gasteiger partial charge in [0.2, 0.25) is 0 Å². The van der Waals surface area contributed by atoms with Crippen molar-refractivity contribution in [3.8, 4) is 0 Å². The molecule has 0 unspecified atom stereocenters. The van der Waals surface area contributed by atoms with Gasteiger partial charge in [-0.1, -0.05) is 60.6 Å². The van der Waals surface area contributed by atoms with Gasteiger partial charge in [0.05, 0.1) is 13.0 Å². The van der Waals surface area contributed by atoms with E-state index in [2.05, 4.69) is 16.9 Å². The van der Waals surface area contributed by atoms with Gasteiger partial charge in [-0.2, -0.15) is 0 Å². The van der Waals surface area contributed by atoms with Gasteiger partial charge in [0, 0.05) is 49.0 Å². The lowest BCUT2D eigenvalue weighted by atomic mass is 10.1. The van der Waals surface area contributed by atoms with Crippen LogP contribution < -0.4 is 11.1 Å². The van der Waals surface area contributed by atoms with E-state index < -0.39 is 5.97 Å². The molecule has 9 heteroatoms. The number of carbonyl (C=O) groups excluding carboxylic acids is 1. The fourth-order valence-electron chi connectivity index (χ4n) is 3.79. The molecule has 38 heavy (non-hydrogen) atoms. The second kappa shape index (κ2) is 13.4. The summed E-state index contributed by atoms with van der Waals surface area (Å²) in [5.74, 6) is -0.681. The molecular weight excluding hydrogens is 504 g/mol. The normalized spacial score (nSPS) is 12.1. The average Bonchev–Trinajstić information content (AvgIpc) is 2.89. The molecule has 0 aliphatic carbocycles. The van der Waals surface area contributed by atoms with E-state index in [1.54, 1.807) is 37.3 Å². The number of fused-ring (bicyclic) bond motifs is 1. The maximum atomic E-state index is 12.7. The summed E-state index contributed by atoms with van der Waals surface area (Å²) in [7, 11) is 3.32. The van der Waals surface area contributed by atoms with Crippen molar-refractivity contribution in [3.63, 3.8) is 0 Å². The minimum atomic E-state index is -1.06. The minimum absolute atomic E-state index is 0.0784. The first-order valence-electron chi connectivity index (χ1n) is 11.9. The fourth-order valence-corrected chi connectivity index (χ4v) is 3.94. The van der Waals surface area contributed by atoms with Gasteiger partial charge in [0.1, 0.15) is 11.7 Å². The van der Waals surface area contributed by atoms with Gasteiger partial charge in [-0.3, -0.25) is 9.59 Å². The molecule has 3 aromatic rings. The Morgan fingerprint density at radius 2 is 1.79 bits per heavy atom. The first-order valence-corrected chi connectivity index (χ1v) is 12.3. The number of rotatable bonds is 12. The van der Waals surface area contributed by atoms with E-state index in [4.69, 9.17) is 22.1 Å². The zero-order valence-electron chi connectivity index (χ0n) is 21.4. The number of hydrogen-bond donors (Lipinski definition) is 3. The molecule has 0 aliphatic heterocycles. The van der Waals surface area contributed by atoms with E-state index in [1.807, 2.05) is 48.5 Å². The molecule has 0 saturated heterocycles. The number of halogens is 1. The van der Waals surface area contributed by atoms with Gasteiger partial charge in [0.15, 0.2) is 0 Å². The van der Waals surface area contributed by atoms with Crippen LogP contribution in [0.15, 0.2) is 94.7 Å². The lowest BCUT2D eigenvalue weighted by molar-refractivity contribution is -0.136. The van der Waals surface area contributed by atoms with Crippen LogP contribution in [0.4, 0.5) is 5.69 Å². The van der Waals surface area contributed by atoms with Crippen molar-refractivity contribution in [2.24, 2.45) is 10.7 Å². The number of amides is 1. The molecule has 0 aromatic heterocycles. The lowest BCUT2D eigenvalue weighted by Gasteiger charge is -2.22. The summed E-state index contributed by atoms with van der Waals surface area (Å²) >= 11 is 6.12. The quantitative estimate of drug-likeness (QED) is 0.171. The summed E-state index contributed by atoms with van der Waals surface area (Å²) in [5.41, 5.74) is 8.59. The molecule has 3 aromatic carbocycles. The predicted molar refractivity (Wildman–Crippen MR) is 152 cm³/mol. The van der Waals surface area contributed by atoms with E-state index >= 15 is 0 Å². The summed E-state index contributed by atoms with van der Waals surface area (Å²) in [6.45, 7) is 4.54. The Kier molecular flexibility index (Phi) is 10.0. The van der Waals surface area contributed by atoms with Gasteiger partial charge in [-0.05, 0) is 40.6 Å². The Labute approximate surface area is 227 Å². The largest absolute Gasteiger partial charge is 0.481 e. The molecule has 0 heterocycles. The first kappa shape index (κ1) is 28.4. The number of ether oxygens (including phenoxy) is 1. The number of methoxy groups -OCH3 is 1. The Morgan fingerprint density at radius 1 is 1.11 bits per heavy atom. The number of carbonyl (C=O) groups is 2. The van der Waals surface area contributed by atoms with E-state index in [9.17, 15) is 14.7 Å². The van der Waals surface area contributed by atoms with Gasteiger partial charge in [0.25, 0.3) is 5.91 Å². The maximum absolute atomic E-state index is 12.7. The van der Waals surface area contributed by atoms with Crippen LogP contribution in [0, 0.1) is 0 Å². The highest BCUT2D eigenvalue weighted by atomic mass is 35.5. The molecule has 0 atom stereocenters. The molecular formula is C29H31ClN4O4. The van der Waals surface area contributed by atoms with Crippen molar-refractivity contribution in [2.45, 2.75) is 12.8 Å². The highest BCUT2D eigenvalue weighted by molar-refractivity contribution is 6.31. The van der Waals surface area contributed by atoms with Crippen molar-refractivity contribution < 1.29 is 19.4 Å². The van der Waals surface area contributed by atoms with Crippen LogP contribution in [0.25, 0.3) is 10.8 Å². The molecule has 8 nitrogen and oxygen atoms in total. The third kappa shape index (κ3) is 7.93. The molecule has 4 N–H and O–H groups in total. The number of nitrogens with one attached hydrogen (secondary N) is 1. The van der Waals surface area contributed by atoms with Crippen molar-refractivity contribution >= 4 is 45.8 Å². The number of amidine groups is 1. The van der Waals surface area contributed by atoms with E-state index in [0.717, 1.165) is 16.3 Å². The number of nitrogens with two attached hydrogens (primary N) is 1. The highest BCUT2D eigenvalue weighted by Crippen LogP contribution is 2.24. The summed E-state index contributed by atoms with van der Waals surface area (Å²) < 4.78 is 5.12. The zero-order valence-corrected chi connectivity index (χ0v) is 22.2. The van der Waals surface area contributed by atoms with E-state index in [1.165, 1.54) is 0 Å². The van der Waals surface area contributed by atoms with Crippen molar-refractivity contribution in [1.82, 2.24) is 4.90 Å². The number of allylic oxidation sites excluding steroid dienone is 1. The van der Waals surface area contributed by atoms with E-state index in [-0.39, 0.29) is 28.8 Å². The van der Waals surface area contributed by atoms with Gasteiger partial charge >= 0.3 is 5.97 Å². The second-order valence-electron chi connectivity index (χ2n) is 8.68. The molecule has 0 fully saturated rings. The Morgan fingerprint density at radius 3 is 2.42 bits per heavy atom. The smallest absolute Gasteiger partial charge is 0.308 e. The fraction of sp³-hybridized carbons (Fsp3) is 0.207. The van der Waals surface area contributed by atoms with Gasteiger partial charge in [-0.15, -0.1) is 0 Å². The third-order valence-electron chi connectivity index (χ3n) is 5.78. The molecule has 1 amide bonds. The zero-order chi connectivity index (χ0) is 27.7. The summed E-state index contributed by atoms with van der Waals surface area (Å²) in [4.78, 5) is 30.4. The maximum Gasteiger partial charge on any atom is 0.308 e. The number of hydrogen-bond acceptors (Lipinski definition) is 5. The molecule has 0 aliphatic rings. The van der Waals surface area contributed by atoms with Crippen LogP contribution in [0.2, 0.25) is 0 Å². The lowest BCUT2D eigenvalue weighted by Crippen LogP contribution is -2.26. The molecule has 0 bridgehead atoms. The number of benzene rings is 3. The number of aliphatic imine (C=N–C) groups is 1. The number of nitrogens with zero attached hydrogens (tertiary/aromatic N) is 2. The number of carboxylic acid groups (broad SMARTS) is 1. The Bertz CT molecular complexity index is 1380. The number of carboxylic acids is 1. The summed E-state index contributed by atoms with van der Waals surface area (Å²) in [6, 6.07) is 20.7.